The lowest BCUT2D eigenvalue weighted by atomic mass is 10.2. The predicted octanol–water partition coefficient (Wildman–Crippen LogP) is 3.02. The molecule has 0 aromatic heterocycles. The summed E-state index contributed by atoms with van der Waals surface area (Å²) in [6.45, 7) is 0.643. The molecule has 0 saturated heterocycles. The number of nitrogens with one attached hydrogen (secondary N) is 1. The molecule has 0 radical (unpaired) electrons. The number of rotatable bonds is 5. The Labute approximate surface area is 112 Å². The highest BCUT2D eigenvalue weighted by molar-refractivity contribution is 5.49. The number of benzene rings is 2. The number of hydrogen-bond acceptors (Lipinski definition) is 4. The van der Waals surface area contributed by atoms with Crippen molar-refractivity contribution in [3.05, 3.63) is 48.0 Å². The lowest BCUT2D eigenvalue weighted by molar-refractivity contribution is 0.373. The van der Waals surface area contributed by atoms with Gasteiger partial charge in [0.05, 0.1) is 14.2 Å². The van der Waals surface area contributed by atoms with Crippen LogP contribution in [-0.2, 0) is 6.54 Å². The quantitative estimate of drug-likeness (QED) is 0.866. The smallest absolute Gasteiger partial charge is 0.160 e. The fraction of sp³-hybridized carbons (Fsp3) is 0.200. The van der Waals surface area contributed by atoms with Crippen LogP contribution in [0.25, 0.3) is 0 Å². The summed E-state index contributed by atoms with van der Waals surface area (Å²) in [4.78, 5) is 0. The second-order valence-electron chi connectivity index (χ2n) is 4.09. The highest BCUT2D eigenvalue weighted by Gasteiger charge is 2.02. The van der Waals surface area contributed by atoms with E-state index in [1.54, 1.807) is 13.2 Å². The third-order valence-electron chi connectivity index (χ3n) is 2.81. The topological polar surface area (TPSA) is 50.7 Å². The van der Waals surface area contributed by atoms with Crippen LogP contribution in [0.4, 0.5) is 5.69 Å². The van der Waals surface area contributed by atoms with E-state index in [2.05, 4.69) is 5.32 Å². The van der Waals surface area contributed by atoms with Gasteiger partial charge < -0.3 is 19.9 Å². The van der Waals surface area contributed by atoms with Crippen LogP contribution < -0.4 is 14.8 Å². The zero-order valence-corrected chi connectivity index (χ0v) is 11.0. The summed E-state index contributed by atoms with van der Waals surface area (Å²) in [6.07, 6.45) is 0. The molecule has 2 aromatic carbocycles. The van der Waals surface area contributed by atoms with Crippen LogP contribution in [0.15, 0.2) is 42.5 Å². The molecule has 0 fully saturated rings. The maximum Gasteiger partial charge on any atom is 0.160 e. The monoisotopic (exact) mass is 259 g/mol. The van der Waals surface area contributed by atoms with Crippen LogP contribution in [0.2, 0.25) is 0 Å². The Morgan fingerprint density at radius 1 is 1.05 bits per heavy atom. The van der Waals surface area contributed by atoms with Gasteiger partial charge in [0.15, 0.2) is 11.5 Å². The van der Waals surface area contributed by atoms with Crippen molar-refractivity contribution in [1.29, 1.82) is 0 Å². The van der Waals surface area contributed by atoms with Crippen molar-refractivity contribution in [3.63, 3.8) is 0 Å². The second-order valence-corrected chi connectivity index (χ2v) is 4.09. The van der Waals surface area contributed by atoms with E-state index in [9.17, 15) is 5.11 Å². The minimum Gasteiger partial charge on any atom is -0.504 e. The van der Waals surface area contributed by atoms with E-state index in [1.165, 1.54) is 7.11 Å². The van der Waals surface area contributed by atoms with Gasteiger partial charge in [-0.15, -0.1) is 0 Å². The molecule has 0 aliphatic carbocycles. The number of phenolic OH excluding ortho intramolecular Hbond substituents is 1. The van der Waals surface area contributed by atoms with Gasteiger partial charge in [-0.2, -0.15) is 0 Å². The molecule has 0 saturated carbocycles. The SMILES string of the molecule is COc1cccc(NCc2ccc(O)c(OC)c2)c1. The molecule has 100 valence electrons. The van der Waals surface area contributed by atoms with Crippen LogP contribution in [0.5, 0.6) is 17.2 Å². The fourth-order valence-electron chi connectivity index (χ4n) is 1.77. The van der Waals surface area contributed by atoms with Crippen LogP contribution in [0, 0.1) is 0 Å². The Kier molecular flexibility index (Phi) is 4.13. The van der Waals surface area contributed by atoms with Crippen LogP contribution in [-0.4, -0.2) is 19.3 Å². The lowest BCUT2D eigenvalue weighted by Crippen LogP contribution is -2.00. The van der Waals surface area contributed by atoms with E-state index in [0.717, 1.165) is 17.0 Å². The number of ether oxygens (including phenoxy) is 2. The Hall–Kier alpha value is -2.36. The molecule has 0 aliphatic rings. The largest absolute Gasteiger partial charge is 0.504 e. The second kappa shape index (κ2) is 6.00. The predicted molar refractivity (Wildman–Crippen MR) is 75.0 cm³/mol. The molecule has 0 bridgehead atoms. The summed E-state index contributed by atoms with van der Waals surface area (Å²) >= 11 is 0. The third-order valence-corrected chi connectivity index (χ3v) is 2.81. The summed E-state index contributed by atoms with van der Waals surface area (Å²) in [5.74, 6) is 1.44. The van der Waals surface area contributed by atoms with Gasteiger partial charge in [-0.3, -0.25) is 0 Å². The molecule has 2 N–H and O–H groups in total. The van der Waals surface area contributed by atoms with Gasteiger partial charge >= 0.3 is 0 Å². The van der Waals surface area contributed by atoms with Crippen LogP contribution >= 0.6 is 0 Å². The Morgan fingerprint density at radius 2 is 1.89 bits per heavy atom. The van der Waals surface area contributed by atoms with E-state index in [1.807, 2.05) is 36.4 Å². The Bertz CT molecular complexity index is 555. The molecule has 19 heavy (non-hydrogen) atoms. The number of phenols is 1. The van der Waals surface area contributed by atoms with Crippen molar-refractivity contribution in [3.8, 4) is 17.2 Å². The van der Waals surface area contributed by atoms with E-state index >= 15 is 0 Å². The summed E-state index contributed by atoms with van der Waals surface area (Å²) < 4.78 is 10.2. The van der Waals surface area contributed by atoms with E-state index < -0.39 is 0 Å². The van der Waals surface area contributed by atoms with Crippen LogP contribution in [0.3, 0.4) is 0 Å². The van der Waals surface area contributed by atoms with Crippen molar-refractivity contribution in [2.45, 2.75) is 6.54 Å². The molecule has 0 amide bonds. The first-order valence-electron chi connectivity index (χ1n) is 5.96. The summed E-state index contributed by atoms with van der Waals surface area (Å²) in [5, 5.41) is 12.8. The zero-order valence-electron chi connectivity index (χ0n) is 11.0. The molecular formula is C15H17NO3. The molecule has 0 unspecified atom stereocenters. The van der Waals surface area contributed by atoms with Gasteiger partial charge in [-0.05, 0) is 29.8 Å². The van der Waals surface area contributed by atoms with Gasteiger partial charge in [0.1, 0.15) is 5.75 Å². The highest BCUT2D eigenvalue weighted by Crippen LogP contribution is 2.26. The van der Waals surface area contributed by atoms with E-state index in [0.29, 0.717) is 12.3 Å². The lowest BCUT2D eigenvalue weighted by Gasteiger charge is -2.10. The minimum absolute atomic E-state index is 0.146. The van der Waals surface area contributed by atoms with E-state index in [-0.39, 0.29) is 5.75 Å². The van der Waals surface area contributed by atoms with Gasteiger partial charge in [0, 0.05) is 18.3 Å². The molecule has 0 spiro atoms. The van der Waals surface area contributed by atoms with Crippen LogP contribution in [0.1, 0.15) is 5.56 Å². The Morgan fingerprint density at radius 3 is 2.63 bits per heavy atom. The first-order valence-corrected chi connectivity index (χ1v) is 5.96. The molecule has 0 aliphatic heterocycles. The summed E-state index contributed by atoms with van der Waals surface area (Å²) in [7, 11) is 3.18. The van der Waals surface area contributed by atoms with Gasteiger partial charge in [0.25, 0.3) is 0 Å². The van der Waals surface area contributed by atoms with E-state index in [4.69, 9.17) is 9.47 Å². The molecular weight excluding hydrogens is 242 g/mol. The first-order chi connectivity index (χ1) is 9.22. The van der Waals surface area contributed by atoms with Gasteiger partial charge in [-0.1, -0.05) is 12.1 Å². The summed E-state index contributed by atoms with van der Waals surface area (Å²) in [6, 6.07) is 13.0. The van der Waals surface area contributed by atoms with Crippen molar-refractivity contribution < 1.29 is 14.6 Å². The molecule has 4 nitrogen and oxygen atoms in total. The zero-order chi connectivity index (χ0) is 13.7. The van der Waals surface area contributed by atoms with Gasteiger partial charge in [0.2, 0.25) is 0 Å². The number of hydrogen-bond donors (Lipinski definition) is 2. The maximum atomic E-state index is 9.53. The highest BCUT2D eigenvalue weighted by atomic mass is 16.5. The molecule has 2 rings (SSSR count). The first kappa shape index (κ1) is 13.1. The van der Waals surface area contributed by atoms with Gasteiger partial charge in [-0.25, -0.2) is 0 Å². The van der Waals surface area contributed by atoms with Crippen molar-refractivity contribution >= 4 is 5.69 Å². The average molecular weight is 259 g/mol. The Balaban J connectivity index is 2.05. The normalized spacial score (nSPS) is 10.0. The number of aromatic hydroxyl groups is 1. The number of anilines is 1. The van der Waals surface area contributed by atoms with Crippen molar-refractivity contribution in [2.75, 3.05) is 19.5 Å². The summed E-state index contributed by atoms with van der Waals surface area (Å²) in [5.41, 5.74) is 2.00. The maximum absolute atomic E-state index is 9.53. The van der Waals surface area contributed by atoms with Crippen molar-refractivity contribution in [2.24, 2.45) is 0 Å². The molecule has 2 aromatic rings. The molecule has 0 atom stereocenters. The minimum atomic E-state index is 0.146. The fourth-order valence-corrected chi connectivity index (χ4v) is 1.77. The standard InChI is InChI=1S/C15H17NO3/c1-18-13-5-3-4-12(9-13)16-10-11-6-7-14(17)15(8-11)19-2/h3-9,16-17H,10H2,1-2H3. The number of methoxy groups -OCH3 is 2. The molecule has 4 heteroatoms. The molecule has 0 heterocycles. The van der Waals surface area contributed by atoms with Crippen molar-refractivity contribution in [1.82, 2.24) is 0 Å². The third kappa shape index (κ3) is 3.31. The average Bonchev–Trinajstić information content (AvgIpc) is 2.46.